The zero-order valence-corrected chi connectivity index (χ0v) is 76.9. The van der Waals surface area contributed by atoms with Crippen LogP contribution < -0.4 is 9.80 Å². The summed E-state index contributed by atoms with van der Waals surface area (Å²) in [7, 11) is 0. The Balaban J connectivity index is 0.000000180. The molecule has 0 atom stereocenters. The van der Waals surface area contributed by atoms with Gasteiger partial charge >= 0.3 is 0 Å². The molecule has 21 aromatic carbocycles. The molecule has 0 aromatic heterocycles. The normalized spacial score (nSPS) is 12.2. The van der Waals surface area contributed by atoms with Crippen molar-refractivity contribution >= 4 is 77.2 Å². The molecule has 2 aliphatic rings. The molecule has 0 amide bonds. The first-order valence-corrected chi connectivity index (χ1v) is 46.8. The molecule has 0 aliphatic heterocycles. The quantitative estimate of drug-likeness (QED) is 0.0662. The molecule has 0 saturated carbocycles. The number of para-hydroxylation sites is 2. The van der Waals surface area contributed by atoms with Gasteiger partial charge in [-0.2, -0.15) is 0 Å². The molecule has 0 fully saturated rings. The van der Waals surface area contributed by atoms with Crippen molar-refractivity contribution in [3.63, 3.8) is 0 Å². The molecule has 134 heavy (non-hydrogen) atoms. The molecule has 0 saturated heterocycles. The second-order valence-corrected chi connectivity index (χ2v) is 36.1. The van der Waals surface area contributed by atoms with Crippen molar-refractivity contribution in [2.45, 2.75) is 65.2 Å². The third-order valence-corrected chi connectivity index (χ3v) is 27.0. The van der Waals surface area contributed by atoms with E-state index in [-0.39, 0.29) is 10.8 Å². The van der Waals surface area contributed by atoms with Crippen molar-refractivity contribution in [3.8, 4) is 100 Å². The number of rotatable bonds is 17. The van der Waals surface area contributed by atoms with Crippen LogP contribution in [0, 0.1) is 13.8 Å². The van der Waals surface area contributed by atoms with E-state index >= 15 is 0 Å². The van der Waals surface area contributed by atoms with Crippen molar-refractivity contribution in [3.05, 3.63) is 543 Å². The number of benzene rings is 21. The van der Waals surface area contributed by atoms with Crippen molar-refractivity contribution in [2.24, 2.45) is 0 Å². The first-order chi connectivity index (χ1) is 65.8. The van der Waals surface area contributed by atoms with Crippen LogP contribution in [0.1, 0.15) is 72.2 Å². The third-order valence-electron chi connectivity index (χ3n) is 27.0. The Morgan fingerprint density at radius 2 is 0.500 bits per heavy atom. The van der Waals surface area contributed by atoms with E-state index in [2.05, 4.69) is 524 Å². The molecule has 0 heterocycles. The number of nitrogens with zero attached hydrogens (tertiary/aromatic N) is 2. The fourth-order valence-electron chi connectivity index (χ4n) is 20.6. The van der Waals surface area contributed by atoms with Gasteiger partial charge < -0.3 is 9.80 Å². The van der Waals surface area contributed by atoms with Crippen LogP contribution >= 0.6 is 0 Å². The summed E-state index contributed by atoms with van der Waals surface area (Å²) < 4.78 is 0. The number of fused-ring (bicyclic) bond motifs is 10. The van der Waals surface area contributed by atoms with E-state index in [9.17, 15) is 0 Å². The van der Waals surface area contributed by atoms with Gasteiger partial charge in [0, 0.05) is 45.0 Å². The van der Waals surface area contributed by atoms with E-state index < -0.39 is 0 Å². The lowest BCUT2D eigenvalue weighted by Crippen LogP contribution is -2.31. The molecule has 23 rings (SSSR count). The van der Waals surface area contributed by atoms with Gasteiger partial charge in [-0.05, 0) is 314 Å². The van der Waals surface area contributed by atoms with Gasteiger partial charge in [0.2, 0.25) is 0 Å². The maximum absolute atomic E-state index is 3.36. The highest BCUT2D eigenvalue weighted by Crippen LogP contribution is 2.56. The van der Waals surface area contributed by atoms with Gasteiger partial charge in [-0.3, -0.25) is 0 Å². The lowest BCUT2D eigenvalue weighted by atomic mass is 9.69. The van der Waals surface area contributed by atoms with Crippen LogP contribution in [0.15, 0.2) is 498 Å². The maximum Gasteiger partial charge on any atom is 0.0462 e. The van der Waals surface area contributed by atoms with Gasteiger partial charge in [-0.1, -0.05) is 413 Å². The Hall–Kier alpha value is -16.3. The third kappa shape index (κ3) is 16.8. The molecule has 2 aliphatic carbocycles. The zero-order chi connectivity index (χ0) is 91.2. The van der Waals surface area contributed by atoms with E-state index in [4.69, 9.17) is 0 Å². The number of anilines is 6. The van der Waals surface area contributed by atoms with Gasteiger partial charge in [0.15, 0.2) is 0 Å². The van der Waals surface area contributed by atoms with Crippen molar-refractivity contribution < 1.29 is 0 Å². The lowest BCUT2D eigenvalue weighted by molar-refractivity contribution is 0.520. The van der Waals surface area contributed by atoms with Crippen LogP contribution in [-0.4, -0.2) is 0 Å². The Kier molecular flexibility index (Phi) is 24.1. The SMILES string of the molecule is C=CC.C=CC.Cc1ccc(N(c2ccccc2)c2ccc(-c3ccc4c(c3)C(C)(C)c3cc(-c5ccc(N(c6ccccc6)c6ccc(-c7ccc8c(c7)C(Cc7ccccc7)(Cc7ccccc7)c7cc(C)ccc7-8)cc6)cc5)ccc3-4)cc2)cc1.c1ccc2cc(-c3ccc(-c4c5ccccc5c(-c5ccc(-c6cccc7ccccc67)cc5)c5ccccc45)cc3)ccc2c1. The Bertz CT molecular complexity index is 7720. The van der Waals surface area contributed by atoms with Crippen LogP contribution in [-0.2, 0) is 23.7 Å². The van der Waals surface area contributed by atoms with Crippen LogP contribution in [0.25, 0.3) is 143 Å². The number of hydrogen-bond donors (Lipinski definition) is 0. The van der Waals surface area contributed by atoms with Crippen LogP contribution in [0.3, 0.4) is 0 Å². The summed E-state index contributed by atoms with van der Waals surface area (Å²) in [5.41, 5.74) is 39.7. The van der Waals surface area contributed by atoms with E-state index in [1.54, 1.807) is 12.2 Å². The minimum atomic E-state index is -0.235. The summed E-state index contributed by atoms with van der Waals surface area (Å²) in [6, 6.07) is 175. The molecular weight excluding hydrogens is 1610 g/mol. The van der Waals surface area contributed by atoms with Crippen molar-refractivity contribution in [1.29, 1.82) is 0 Å². The van der Waals surface area contributed by atoms with E-state index in [0.717, 1.165) is 47.0 Å². The van der Waals surface area contributed by atoms with Crippen molar-refractivity contribution in [2.75, 3.05) is 9.80 Å². The fourth-order valence-corrected chi connectivity index (χ4v) is 20.6. The first-order valence-electron chi connectivity index (χ1n) is 46.8. The van der Waals surface area contributed by atoms with E-state index in [0.29, 0.717) is 0 Å². The molecular formula is C132H106N2. The molecule has 0 unspecified atom stereocenters. The standard InChI is InChI=1S/C80H64N2.C46H30.2C3H6/c1-55-25-37-67(38-26-55)81(65-21-13-7-14-22-65)68-39-28-59(29-40-68)62-34-46-71-72-47-35-63(51-76(72)79(3,4)75(71)50-62)60-30-41-69(42-31-60)82(66-23-15-8-16-24-66)70-43-32-61(33-44-70)64-36-48-74-73-45-27-56(2)49-77(73)80(78(74)52-64,53-57-17-9-5-10-18-57)54-58-19-11-6-12-20-58;1-2-12-37-30-38(29-22-31(37)10-1)32-20-25-35(26-21-32)45-41-15-5-7-17-43(41)46(44-18-8-6-16-42(44)45)36-27-23-34(24-28-36)40-19-9-13-33-11-3-4-14-39(33)40;2*1-3-2/h5-52H,53-54H2,1-4H3;1-30H;2*3H,1H2,2H3. The second kappa shape index (κ2) is 37.7. The minimum Gasteiger partial charge on any atom is -0.311 e. The van der Waals surface area contributed by atoms with E-state index in [1.807, 2.05) is 13.8 Å². The first kappa shape index (κ1) is 85.8. The highest BCUT2D eigenvalue weighted by molar-refractivity contribution is 6.21. The molecule has 644 valence electrons. The monoisotopic (exact) mass is 1720 g/mol. The van der Waals surface area contributed by atoms with Crippen LogP contribution in [0.5, 0.6) is 0 Å². The highest BCUT2D eigenvalue weighted by Gasteiger charge is 2.44. The Labute approximate surface area is 789 Å². The molecule has 0 N–H and O–H groups in total. The molecule has 0 bridgehead atoms. The fraction of sp³-hybridized carbons (Fsp3) is 0.0758. The van der Waals surface area contributed by atoms with Gasteiger partial charge in [0.1, 0.15) is 0 Å². The summed E-state index contributed by atoms with van der Waals surface area (Å²) in [5.74, 6) is 0. The van der Waals surface area contributed by atoms with Gasteiger partial charge in [-0.15, -0.1) is 13.2 Å². The number of aryl methyl sites for hydroxylation is 2. The summed E-state index contributed by atoms with van der Waals surface area (Å²) in [5, 5.41) is 10.2. The zero-order valence-electron chi connectivity index (χ0n) is 76.9. The second-order valence-electron chi connectivity index (χ2n) is 36.1. The average molecular weight is 1720 g/mol. The average Bonchev–Trinajstić information content (AvgIpc) is 1.55. The van der Waals surface area contributed by atoms with Gasteiger partial charge in [0.25, 0.3) is 0 Å². The minimum absolute atomic E-state index is 0.181. The summed E-state index contributed by atoms with van der Waals surface area (Å²) in [6.45, 7) is 19.6. The topological polar surface area (TPSA) is 6.48 Å². The van der Waals surface area contributed by atoms with Crippen LogP contribution in [0.4, 0.5) is 34.1 Å². The summed E-state index contributed by atoms with van der Waals surface area (Å²) in [4.78, 5) is 4.70. The molecule has 2 nitrogen and oxygen atoms in total. The largest absolute Gasteiger partial charge is 0.311 e. The Morgan fingerprint density at radius 1 is 0.216 bits per heavy atom. The summed E-state index contributed by atoms with van der Waals surface area (Å²) in [6.07, 6.45) is 5.34. The van der Waals surface area contributed by atoms with Crippen molar-refractivity contribution in [1.82, 2.24) is 0 Å². The van der Waals surface area contributed by atoms with Gasteiger partial charge in [0.05, 0.1) is 0 Å². The molecule has 0 spiro atoms. The predicted octanol–water partition coefficient (Wildman–Crippen LogP) is 36.7. The summed E-state index contributed by atoms with van der Waals surface area (Å²) >= 11 is 0. The van der Waals surface area contributed by atoms with Gasteiger partial charge in [-0.25, -0.2) is 0 Å². The predicted molar refractivity (Wildman–Crippen MR) is 576 cm³/mol. The Morgan fingerprint density at radius 3 is 0.933 bits per heavy atom. The number of hydrogen-bond acceptors (Lipinski definition) is 2. The molecule has 2 heteroatoms. The number of allylic oxidation sites excluding steroid dienone is 2. The van der Waals surface area contributed by atoms with Crippen LogP contribution in [0.2, 0.25) is 0 Å². The lowest BCUT2D eigenvalue weighted by Gasteiger charge is -2.33. The smallest absolute Gasteiger partial charge is 0.0462 e. The molecule has 21 aromatic rings. The molecule has 0 radical (unpaired) electrons. The highest BCUT2D eigenvalue weighted by atomic mass is 15.1. The van der Waals surface area contributed by atoms with E-state index in [1.165, 1.54) is 188 Å². The maximum atomic E-state index is 3.36.